The Bertz CT molecular complexity index is 962. The molecule has 3 amide bonds. The predicted octanol–water partition coefficient (Wildman–Crippen LogP) is 4.15. The van der Waals surface area contributed by atoms with Gasteiger partial charge in [-0.2, -0.15) is 5.01 Å². The van der Waals surface area contributed by atoms with Crippen LogP contribution in [0, 0.1) is 0 Å². The molecule has 0 saturated carbocycles. The van der Waals surface area contributed by atoms with Gasteiger partial charge in [0.2, 0.25) is 11.8 Å². The molecule has 28 heavy (non-hydrogen) atoms. The zero-order valence-electron chi connectivity index (χ0n) is 14.3. The largest absolute Gasteiger partial charge is 0.292 e. The average molecular weight is 484 g/mol. The molecule has 1 aliphatic heterocycles. The van der Waals surface area contributed by atoms with Crippen LogP contribution in [0.2, 0.25) is 10.0 Å². The van der Waals surface area contributed by atoms with Crippen LogP contribution in [0.1, 0.15) is 33.6 Å². The van der Waals surface area contributed by atoms with Gasteiger partial charge in [-0.1, -0.05) is 51.3 Å². The van der Waals surface area contributed by atoms with Gasteiger partial charge in [-0.05, 0) is 30.3 Å². The summed E-state index contributed by atoms with van der Waals surface area (Å²) < 4.78 is 0.790. The molecule has 0 spiro atoms. The second-order valence-corrected chi connectivity index (χ2v) is 7.75. The summed E-state index contributed by atoms with van der Waals surface area (Å²) >= 11 is 15.1. The molecule has 0 N–H and O–H groups in total. The Hall–Kier alpha value is -2.22. The summed E-state index contributed by atoms with van der Waals surface area (Å²) in [5.74, 6) is -2.20. The molecule has 2 aromatic carbocycles. The van der Waals surface area contributed by atoms with Crippen LogP contribution in [-0.2, 0) is 9.59 Å². The van der Waals surface area contributed by atoms with Gasteiger partial charge in [0.05, 0.1) is 10.0 Å². The standard InChI is InChI=1S/C19H13BrCl2N2O4/c20-13-4-1-11(2-5-13)16(25)10-23(24-17(26)7-8-18(24)27)19(28)12-3-6-14(21)15(22)9-12/h1-6,9H,7-8,10H2. The number of rotatable bonds is 5. The molecule has 3 rings (SSSR count). The molecule has 0 unspecified atom stereocenters. The van der Waals surface area contributed by atoms with Gasteiger partial charge in [-0.3, -0.25) is 19.2 Å². The smallest absolute Gasteiger partial charge is 0.273 e. The van der Waals surface area contributed by atoms with Crippen LogP contribution < -0.4 is 0 Å². The van der Waals surface area contributed by atoms with E-state index in [1.165, 1.54) is 18.2 Å². The Morgan fingerprint density at radius 3 is 2.07 bits per heavy atom. The number of hydrogen-bond acceptors (Lipinski definition) is 4. The molecule has 0 aliphatic carbocycles. The minimum atomic E-state index is -0.701. The van der Waals surface area contributed by atoms with Crippen LogP contribution in [0.4, 0.5) is 0 Å². The third-order valence-corrected chi connectivity index (χ3v) is 5.39. The fraction of sp³-hybridized carbons (Fsp3) is 0.158. The topological polar surface area (TPSA) is 74.8 Å². The molecule has 2 aromatic rings. The summed E-state index contributed by atoms with van der Waals surface area (Å²) in [5.41, 5.74) is 0.444. The third kappa shape index (κ3) is 4.27. The van der Waals surface area contributed by atoms with Crippen molar-refractivity contribution in [2.24, 2.45) is 0 Å². The van der Waals surface area contributed by atoms with Crippen molar-refractivity contribution < 1.29 is 19.2 Å². The van der Waals surface area contributed by atoms with Crippen LogP contribution in [0.15, 0.2) is 46.9 Å². The maximum absolute atomic E-state index is 13.0. The van der Waals surface area contributed by atoms with Gasteiger partial charge < -0.3 is 0 Å². The van der Waals surface area contributed by atoms with E-state index in [2.05, 4.69) is 15.9 Å². The number of benzene rings is 2. The zero-order valence-corrected chi connectivity index (χ0v) is 17.4. The van der Waals surface area contributed by atoms with E-state index in [0.717, 1.165) is 14.5 Å². The van der Waals surface area contributed by atoms with Crippen LogP contribution >= 0.6 is 39.1 Å². The first kappa shape index (κ1) is 20.5. The van der Waals surface area contributed by atoms with Crippen molar-refractivity contribution in [1.29, 1.82) is 0 Å². The number of carbonyl (C=O) groups excluding carboxylic acids is 4. The number of nitrogens with zero attached hydrogens (tertiary/aromatic N) is 2. The van der Waals surface area contributed by atoms with Gasteiger partial charge in [0, 0.05) is 28.4 Å². The first-order valence-corrected chi connectivity index (χ1v) is 9.74. The van der Waals surface area contributed by atoms with E-state index in [-0.39, 0.29) is 28.5 Å². The first-order chi connectivity index (χ1) is 13.3. The molecule has 0 bridgehead atoms. The third-order valence-electron chi connectivity index (χ3n) is 4.13. The quantitative estimate of drug-likeness (QED) is 0.473. The highest BCUT2D eigenvalue weighted by molar-refractivity contribution is 9.10. The van der Waals surface area contributed by atoms with Crippen molar-refractivity contribution >= 4 is 62.6 Å². The van der Waals surface area contributed by atoms with Crippen LogP contribution in [0.5, 0.6) is 0 Å². The summed E-state index contributed by atoms with van der Waals surface area (Å²) in [6, 6.07) is 10.7. The van der Waals surface area contributed by atoms with Crippen molar-refractivity contribution in [1.82, 2.24) is 10.0 Å². The van der Waals surface area contributed by atoms with Crippen LogP contribution in [0.3, 0.4) is 0 Å². The van der Waals surface area contributed by atoms with E-state index in [1.54, 1.807) is 24.3 Å². The second-order valence-electron chi connectivity index (χ2n) is 6.02. The lowest BCUT2D eigenvalue weighted by molar-refractivity contribution is -0.152. The van der Waals surface area contributed by atoms with Crippen molar-refractivity contribution in [2.45, 2.75) is 12.8 Å². The lowest BCUT2D eigenvalue weighted by atomic mass is 10.1. The van der Waals surface area contributed by atoms with Gasteiger partial charge in [-0.15, -0.1) is 0 Å². The van der Waals surface area contributed by atoms with Crippen molar-refractivity contribution in [3.05, 3.63) is 68.1 Å². The number of hydrogen-bond donors (Lipinski definition) is 0. The Kier molecular flexibility index (Phi) is 6.17. The second kappa shape index (κ2) is 8.43. The maximum Gasteiger partial charge on any atom is 0.273 e. The zero-order chi connectivity index (χ0) is 20.4. The number of Topliss-reactive ketones (excluding diaryl/α,β-unsaturated/α-hetero) is 1. The van der Waals surface area contributed by atoms with Crippen molar-refractivity contribution in [3.63, 3.8) is 0 Å². The van der Waals surface area contributed by atoms with Crippen LogP contribution in [0.25, 0.3) is 0 Å². The molecule has 0 atom stereocenters. The number of carbonyl (C=O) groups is 4. The summed E-state index contributed by atoms with van der Waals surface area (Å²) in [5, 5.41) is 2.00. The summed E-state index contributed by atoms with van der Waals surface area (Å²) in [6.07, 6.45) is -0.0348. The monoisotopic (exact) mass is 482 g/mol. The number of amides is 3. The highest BCUT2D eigenvalue weighted by atomic mass is 79.9. The molecule has 9 heteroatoms. The van der Waals surface area contributed by atoms with Gasteiger partial charge >= 0.3 is 0 Å². The SMILES string of the molecule is O=C(CN(C(=O)c1ccc(Cl)c(Cl)c1)N1C(=O)CCC1=O)c1ccc(Br)cc1. The van der Waals surface area contributed by atoms with E-state index in [4.69, 9.17) is 23.2 Å². The molecule has 1 fully saturated rings. The molecule has 1 heterocycles. The van der Waals surface area contributed by atoms with Gasteiger partial charge in [-0.25, -0.2) is 5.01 Å². The highest BCUT2D eigenvalue weighted by Crippen LogP contribution is 2.25. The van der Waals surface area contributed by atoms with E-state index < -0.39 is 30.0 Å². The van der Waals surface area contributed by atoms with Gasteiger partial charge in [0.15, 0.2) is 5.78 Å². The molecule has 1 saturated heterocycles. The van der Waals surface area contributed by atoms with Crippen LogP contribution in [-0.4, -0.2) is 40.1 Å². The number of hydrazine groups is 1. The Morgan fingerprint density at radius 1 is 0.929 bits per heavy atom. The Labute approximate surface area is 179 Å². The maximum atomic E-state index is 13.0. The number of halogens is 3. The minimum Gasteiger partial charge on any atom is -0.292 e. The lowest BCUT2D eigenvalue weighted by Crippen LogP contribution is -2.51. The molecular weight excluding hydrogens is 471 g/mol. The molecule has 0 aromatic heterocycles. The normalized spacial score (nSPS) is 13.8. The Morgan fingerprint density at radius 2 is 1.50 bits per heavy atom. The molecule has 0 radical (unpaired) electrons. The fourth-order valence-corrected chi connectivity index (χ4v) is 3.27. The average Bonchev–Trinajstić information content (AvgIpc) is 3.00. The van der Waals surface area contributed by atoms with E-state index in [9.17, 15) is 19.2 Å². The number of imide groups is 1. The summed E-state index contributed by atoms with van der Waals surface area (Å²) in [4.78, 5) is 50.1. The molecule has 1 aliphatic rings. The molecule has 144 valence electrons. The Balaban J connectivity index is 1.94. The van der Waals surface area contributed by atoms with Crippen molar-refractivity contribution in [2.75, 3.05) is 6.54 Å². The van der Waals surface area contributed by atoms with Gasteiger partial charge in [0.1, 0.15) is 6.54 Å². The molecular formula is C19H13BrCl2N2O4. The first-order valence-electron chi connectivity index (χ1n) is 8.19. The van der Waals surface area contributed by atoms with E-state index >= 15 is 0 Å². The van der Waals surface area contributed by atoms with Gasteiger partial charge in [0.25, 0.3) is 5.91 Å². The van der Waals surface area contributed by atoms with Crippen molar-refractivity contribution in [3.8, 4) is 0 Å². The summed E-state index contributed by atoms with van der Waals surface area (Å²) in [7, 11) is 0. The van der Waals surface area contributed by atoms with E-state index in [0.29, 0.717) is 5.56 Å². The highest BCUT2D eigenvalue weighted by Gasteiger charge is 2.38. The predicted molar refractivity (Wildman–Crippen MR) is 107 cm³/mol. The van der Waals surface area contributed by atoms with E-state index in [1.807, 2.05) is 0 Å². The fourth-order valence-electron chi connectivity index (χ4n) is 2.71. The lowest BCUT2D eigenvalue weighted by Gasteiger charge is -2.29. The summed E-state index contributed by atoms with van der Waals surface area (Å²) in [6.45, 7) is -0.474. The molecule has 6 nitrogen and oxygen atoms in total. The number of ketones is 1. The minimum absolute atomic E-state index is 0.0174.